The van der Waals surface area contributed by atoms with Crippen LogP contribution in [-0.4, -0.2) is 4.98 Å². The van der Waals surface area contributed by atoms with Crippen molar-refractivity contribution in [3.63, 3.8) is 0 Å². The molecule has 0 amide bonds. The number of nitrogens with two attached hydrogens (primary N) is 1. The number of rotatable bonds is 1. The molecule has 0 bridgehead atoms. The Morgan fingerprint density at radius 2 is 1.93 bits per heavy atom. The smallest absolute Gasteiger partial charge is 0.110 e. The van der Waals surface area contributed by atoms with Gasteiger partial charge in [0, 0.05) is 4.88 Å². The molecule has 84 valence electrons. The fourth-order valence-electron chi connectivity index (χ4n) is 1.88. The van der Waals surface area contributed by atoms with Crippen molar-refractivity contribution < 1.29 is 0 Å². The largest absolute Gasteiger partial charge is 0.322 e. The van der Waals surface area contributed by atoms with Crippen molar-refractivity contribution in [2.45, 2.75) is 52.5 Å². The predicted octanol–water partition coefficient (Wildman–Crippen LogP) is 3.07. The van der Waals surface area contributed by atoms with Gasteiger partial charge in [0.1, 0.15) is 5.01 Å². The summed E-state index contributed by atoms with van der Waals surface area (Å²) in [6.45, 7) is 6.54. The standard InChI is InChI=1S/C12H20N2S/c1-12(2,3)10(13)11-14-8-6-4-5-7-9(8)15-11/h10H,4-7,13H2,1-3H3. The summed E-state index contributed by atoms with van der Waals surface area (Å²) in [6, 6.07) is 0.0769. The number of thiazole rings is 1. The minimum Gasteiger partial charge on any atom is -0.322 e. The van der Waals surface area contributed by atoms with Crippen LogP contribution in [0.4, 0.5) is 0 Å². The van der Waals surface area contributed by atoms with E-state index in [-0.39, 0.29) is 11.5 Å². The van der Waals surface area contributed by atoms with Crippen LogP contribution in [0.2, 0.25) is 0 Å². The number of aromatic nitrogens is 1. The average molecular weight is 224 g/mol. The van der Waals surface area contributed by atoms with E-state index in [1.807, 2.05) is 11.3 Å². The second kappa shape index (κ2) is 3.87. The first-order valence-corrected chi connectivity index (χ1v) is 6.54. The monoisotopic (exact) mass is 224 g/mol. The molecule has 1 aromatic heterocycles. The van der Waals surface area contributed by atoms with Gasteiger partial charge in [-0.25, -0.2) is 4.98 Å². The number of fused-ring (bicyclic) bond motifs is 1. The number of hydrogen-bond donors (Lipinski definition) is 1. The van der Waals surface area contributed by atoms with Gasteiger partial charge < -0.3 is 5.73 Å². The van der Waals surface area contributed by atoms with Crippen molar-refractivity contribution in [2.24, 2.45) is 11.1 Å². The van der Waals surface area contributed by atoms with Crippen LogP contribution in [0.1, 0.15) is 55.2 Å². The Morgan fingerprint density at radius 3 is 2.53 bits per heavy atom. The molecule has 1 aliphatic carbocycles. The zero-order chi connectivity index (χ0) is 11.1. The van der Waals surface area contributed by atoms with Crippen LogP contribution in [0, 0.1) is 5.41 Å². The number of hydrogen-bond acceptors (Lipinski definition) is 3. The molecule has 1 aromatic rings. The highest BCUT2D eigenvalue weighted by atomic mass is 32.1. The zero-order valence-electron chi connectivity index (χ0n) is 9.84. The van der Waals surface area contributed by atoms with Gasteiger partial charge in [0.2, 0.25) is 0 Å². The molecule has 2 nitrogen and oxygen atoms in total. The lowest BCUT2D eigenvalue weighted by atomic mass is 9.88. The molecule has 1 atom stereocenters. The third kappa shape index (κ3) is 2.23. The van der Waals surface area contributed by atoms with Gasteiger partial charge in [0.05, 0.1) is 11.7 Å². The van der Waals surface area contributed by atoms with Gasteiger partial charge in [-0.05, 0) is 31.1 Å². The fourth-order valence-corrected chi connectivity index (χ4v) is 3.28. The molecule has 0 spiro atoms. The van der Waals surface area contributed by atoms with Crippen molar-refractivity contribution >= 4 is 11.3 Å². The normalized spacial score (nSPS) is 18.7. The van der Waals surface area contributed by atoms with E-state index in [0.29, 0.717) is 0 Å². The van der Waals surface area contributed by atoms with Crippen molar-refractivity contribution in [1.29, 1.82) is 0 Å². The summed E-state index contributed by atoms with van der Waals surface area (Å²) in [6.07, 6.45) is 4.98. The van der Waals surface area contributed by atoms with Crippen molar-refractivity contribution in [3.05, 3.63) is 15.6 Å². The van der Waals surface area contributed by atoms with Crippen molar-refractivity contribution in [1.82, 2.24) is 4.98 Å². The lowest BCUT2D eigenvalue weighted by molar-refractivity contribution is 0.326. The molecule has 15 heavy (non-hydrogen) atoms. The van der Waals surface area contributed by atoms with E-state index in [4.69, 9.17) is 10.7 Å². The highest BCUT2D eigenvalue weighted by Crippen LogP contribution is 2.36. The van der Waals surface area contributed by atoms with Crippen LogP contribution in [0.25, 0.3) is 0 Å². The number of aryl methyl sites for hydroxylation is 2. The highest BCUT2D eigenvalue weighted by Gasteiger charge is 2.27. The van der Waals surface area contributed by atoms with E-state index < -0.39 is 0 Å². The quantitative estimate of drug-likeness (QED) is 0.796. The molecule has 0 radical (unpaired) electrons. The third-order valence-electron chi connectivity index (χ3n) is 3.06. The van der Waals surface area contributed by atoms with Gasteiger partial charge in [-0.15, -0.1) is 11.3 Å². The van der Waals surface area contributed by atoms with Crippen LogP contribution >= 0.6 is 11.3 Å². The first-order chi connectivity index (χ1) is 6.98. The molecule has 0 fully saturated rings. The summed E-state index contributed by atoms with van der Waals surface area (Å²) in [7, 11) is 0. The van der Waals surface area contributed by atoms with Gasteiger partial charge in [-0.1, -0.05) is 20.8 Å². The molecule has 0 saturated carbocycles. The summed E-state index contributed by atoms with van der Waals surface area (Å²) < 4.78 is 0. The molecule has 2 rings (SSSR count). The maximum absolute atomic E-state index is 6.23. The van der Waals surface area contributed by atoms with Crippen LogP contribution in [0.5, 0.6) is 0 Å². The van der Waals surface area contributed by atoms with Crippen molar-refractivity contribution in [3.8, 4) is 0 Å². The molecule has 1 heterocycles. The molecule has 3 heteroatoms. The Bertz CT molecular complexity index is 325. The summed E-state index contributed by atoms with van der Waals surface area (Å²) in [5.74, 6) is 0. The van der Waals surface area contributed by atoms with Crippen LogP contribution in [0.3, 0.4) is 0 Å². The maximum atomic E-state index is 6.23. The lowest BCUT2D eigenvalue weighted by Gasteiger charge is -2.24. The van der Waals surface area contributed by atoms with E-state index in [1.54, 1.807) is 0 Å². The van der Waals surface area contributed by atoms with Crippen LogP contribution in [0.15, 0.2) is 0 Å². The van der Waals surface area contributed by atoms with E-state index in [1.165, 1.54) is 29.8 Å². The minimum absolute atomic E-state index is 0.0769. The van der Waals surface area contributed by atoms with Crippen LogP contribution in [-0.2, 0) is 12.8 Å². The van der Waals surface area contributed by atoms with E-state index in [0.717, 1.165) is 11.4 Å². The molecule has 0 saturated heterocycles. The maximum Gasteiger partial charge on any atom is 0.110 e. The summed E-state index contributed by atoms with van der Waals surface area (Å²) in [4.78, 5) is 6.19. The first kappa shape index (κ1) is 11.1. The molecular weight excluding hydrogens is 204 g/mol. The predicted molar refractivity (Wildman–Crippen MR) is 65.1 cm³/mol. The Labute approximate surface area is 95.9 Å². The Morgan fingerprint density at radius 1 is 1.27 bits per heavy atom. The molecule has 2 N–H and O–H groups in total. The van der Waals surface area contributed by atoms with E-state index in [2.05, 4.69) is 20.8 Å². The Balaban J connectivity index is 2.26. The van der Waals surface area contributed by atoms with Gasteiger partial charge in [0.25, 0.3) is 0 Å². The molecule has 1 unspecified atom stereocenters. The highest BCUT2D eigenvalue weighted by molar-refractivity contribution is 7.11. The zero-order valence-corrected chi connectivity index (χ0v) is 10.7. The SMILES string of the molecule is CC(C)(C)C(N)c1nc2c(s1)CCCC2. The topological polar surface area (TPSA) is 38.9 Å². The summed E-state index contributed by atoms with van der Waals surface area (Å²) >= 11 is 1.83. The first-order valence-electron chi connectivity index (χ1n) is 5.72. The average Bonchev–Trinajstić information content (AvgIpc) is 2.58. The number of nitrogens with zero attached hydrogens (tertiary/aromatic N) is 1. The van der Waals surface area contributed by atoms with E-state index in [9.17, 15) is 0 Å². The second-order valence-electron chi connectivity index (χ2n) is 5.47. The van der Waals surface area contributed by atoms with Gasteiger partial charge >= 0.3 is 0 Å². The fraction of sp³-hybridized carbons (Fsp3) is 0.750. The summed E-state index contributed by atoms with van der Waals surface area (Å²) in [5, 5.41) is 1.13. The molecule has 1 aliphatic rings. The third-order valence-corrected chi connectivity index (χ3v) is 4.30. The van der Waals surface area contributed by atoms with Gasteiger partial charge in [0.15, 0.2) is 0 Å². The molecule has 0 aromatic carbocycles. The van der Waals surface area contributed by atoms with Crippen LogP contribution < -0.4 is 5.73 Å². The molecule has 0 aliphatic heterocycles. The Hall–Kier alpha value is -0.410. The lowest BCUT2D eigenvalue weighted by Crippen LogP contribution is -2.26. The second-order valence-corrected chi connectivity index (χ2v) is 6.59. The Kier molecular flexibility index (Phi) is 2.86. The summed E-state index contributed by atoms with van der Waals surface area (Å²) in [5.41, 5.74) is 7.66. The minimum atomic E-state index is 0.0769. The van der Waals surface area contributed by atoms with E-state index >= 15 is 0 Å². The van der Waals surface area contributed by atoms with Crippen molar-refractivity contribution in [2.75, 3.05) is 0 Å². The van der Waals surface area contributed by atoms with Gasteiger partial charge in [-0.3, -0.25) is 0 Å². The van der Waals surface area contributed by atoms with Gasteiger partial charge in [-0.2, -0.15) is 0 Å². The molecular formula is C12H20N2S.